The second-order valence-corrected chi connectivity index (χ2v) is 9.01. The van der Waals surface area contributed by atoms with E-state index in [1.54, 1.807) is 36.2 Å². The second-order valence-electron chi connectivity index (χ2n) is 6.65. The molecule has 0 heterocycles. The molecule has 0 aliphatic heterocycles. The fraction of sp³-hybridized carbons (Fsp3) is 0.421. The van der Waals surface area contributed by atoms with E-state index in [4.69, 9.17) is 11.6 Å². The number of carbonyl (C=O) groups excluding carboxylic acids is 1. The van der Waals surface area contributed by atoms with Crippen LogP contribution in [0.3, 0.4) is 0 Å². The van der Waals surface area contributed by atoms with Crippen molar-refractivity contribution in [2.24, 2.45) is 0 Å². The number of amides is 1. The largest absolute Gasteiger partial charge is 0.342 e. The number of rotatable bonds is 4. The monoisotopic (exact) mass is 379 g/mol. The Bertz CT molecular complexity index is 889. The molecule has 2 aromatic carbocycles. The van der Waals surface area contributed by atoms with Crippen molar-refractivity contribution in [1.82, 2.24) is 4.90 Å². The summed E-state index contributed by atoms with van der Waals surface area (Å²) in [6.07, 6.45) is 5.28. The molecular weight excluding hydrogens is 358 g/mol. The quantitative estimate of drug-likeness (QED) is 0.804. The lowest BCUT2D eigenvalue weighted by atomic mass is 9.94. The Hall–Kier alpha value is -1.59. The van der Waals surface area contributed by atoms with E-state index in [1.165, 1.54) is 12.5 Å². The van der Waals surface area contributed by atoms with Crippen LogP contribution >= 0.6 is 11.6 Å². The first-order valence-electron chi connectivity index (χ1n) is 8.56. The predicted octanol–water partition coefficient (Wildman–Crippen LogP) is 4.06. The maximum Gasteiger partial charge on any atom is 0.238 e. The fourth-order valence-electron chi connectivity index (χ4n) is 3.52. The van der Waals surface area contributed by atoms with Crippen LogP contribution in [0.4, 0.5) is 0 Å². The molecule has 1 aliphatic rings. The molecule has 1 fully saturated rings. The lowest BCUT2D eigenvalue weighted by molar-refractivity contribution is -0.129. The number of sulfone groups is 1. The highest BCUT2D eigenvalue weighted by atomic mass is 35.5. The Labute approximate surface area is 153 Å². The van der Waals surface area contributed by atoms with Gasteiger partial charge in [-0.05, 0) is 25.0 Å². The summed E-state index contributed by atoms with van der Waals surface area (Å²) in [6.45, 7) is 0. The lowest BCUT2D eigenvalue weighted by Gasteiger charge is -2.31. The molecule has 0 N–H and O–H groups in total. The zero-order valence-corrected chi connectivity index (χ0v) is 15.8. The van der Waals surface area contributed by atoms with Crippen LogP contribution in [0.25, 0.3) is 10.8 Å². The Morgan fingerprint density at radius 3 is 2.40 bits per heavy atom. The maximum atomic E-state index is 12.9. The lowest BCUT2D eigenvalue weighted by Crippen LogP contribution is -2.41. The highest BCUT2D eigenvalue weighted by molar-refractivity contribution is 7.92. The van der Waals surface area contributed by atoms with E-state index in [0.717, 1.165) is 25.7 Å². The van der Waals surface area contributed by atoms with Crippen molar-refractivity contribution in [3.8, 4) is 0 Å². The van der Waals surface area contributed by atoms with Gasteiger partial charge in [-0.25, -0.2) is 8.42 Å². The van der Waals surface area contributed by atoms with Gasteiger partial charge >= 0.3 is 0 Å². The third kappa shape index (κ3) is 3.82. The summed E-state index contributed by atoms with van der Waals surface area (Å²) in [5.41, 5.74) is 0. The standard InChI is InChI=1S/C19H22ClNO3S/c1-21(14-7-3-2-4-8-14)19(22)13-25(23,24)18-12-11-17(20)15-9-5-6-10-16(15)18/h5-6,9-12,14H,2-4,7-8,13H2,1H3. The molecule has 0 aromatic heterocycles. The van der Waals surface area contributed by atoms with Gasteiger partial charge in [-0.3, -0.25) is 4.79 Å². The molecule has 2 aromatic rings. The van der Waals surface area contributed by atoms with Gasteiger partial charge in [-0.15, -0.1) is 0 Å². The highest BCUT2D eigenvalue weighted by Crippen LogP contribution is 2.30. The van der Waals surface area contributed by atoms with Crippen LogP contribution in [-0.4, -0.2) is 38.1 Å². The molecule has 134 valence electrons. The smallest absolute Gasteiger partial charge is 0.238 e. The Morgan fingerprint density at radius 1 is 1.08 bits per heavy atom. The molecule has 1 saturated carbocycles. The molecular formula is C19H22ClNO3S. The summed E-state index contributed by atoms with van der Waals surface area (Å²) in [4.78, 5) is 14.3. The van der Waals surface area contributed by atoms with Crippen molar-refractivity contribution < 1.29 is 13.2 Å². The first kappa shape index (κ1) is 18.2. The fourth-order valence-corrected chi connectivity index (χ4v) is 5.22. The van der Waals surface area contributed by atoms with Crippen molar-refractivity contribution in [2.75, 3.05) is 12.8 Å². The van der Waals surface area contributed by atoms with Gasteiger partial charge in [-0.1, -0.05) is 55.1 Å². The van der Waals surface area contributed by atoms with E-state index in [0.29, 0.717) is 15.8 Å². The highest BCUT2D eigenvalue weighted by Gasteiger charge is 2.28. The molecule has 6 heteroatoms. The van der Waals surface area contributed by atoms with Gasteiger partial charge in [-0.2, -0.15) is 0 Å². The second kappa shape index (κ2) is 7.34. The van der Waals surface area contributed by atoms with Crippen molar-refractivity contribution >= 4 is 38.1 Å². The summed E-state index contributed by atoms with van der Waals surface area (Å²) < 4.78 is 25.7. The molecule has 0 unspecified atom stereocenters. The van der Waals surface area contributed by atoms with Crippen LogP contribution in [0.2, 0.25) is 5.02 Å². The summed E-state index contributed by atoms with van der Waals surface area (Å²) in [7, 11) is -2.02. The molecule has 0 atom stereocenters. The molecule has 0 spiro atoms. The number of carbonyl (C=O) groups is 1. The minimum atomic E-state index is -3.74. The van der Waals surface area contributed by atoms with Gasteiger partial charge < -0.3 is 4.90 Å². The van der Waals surface area contributed by atoms with Crippen molar-refractivity contribution in [3.05, 3.63) is 41.4 Å². The minimum Gasteiger partial charge on any atom is -0.342 e. The first-order valence-corrected chi connectivity index (χ1v) is 10.6. The number of hydrogen-bond acceptors (Lipinski definition) is 3. The van der Waals surface area contributed by atoms with Crippen molar-refractivity contribution in [3.63, 3.8) is 0 Å². The van der Waals surface area contributed by atoms with E-state index in [1.807, 2.05) is 6.07 Å². The van der Waals surface area contributed by atoms with E-state index in [9.17, 15) is 13.2 Å². The number of hydrogen-bond donors (Lipinski definition) is 0. The number of benzene rings is 2. The van der Waals surface area contributed by atoms with Gasteiger partial charge in [0.1, 0.15) is 5.75 Å². The van der Waals surface area contributed by atoms with Crippen LogP contribution in [-0.2, 0) is 14.6 Å². The van der Waals surface area contributed by atoms with E-state index in [-0.39, 0.29) is 16.8 Å². The average Bonchev–Trinajstić information content (AvgIpc) is 2.61. The Morgan fingerprint density at radius 2 is 1.72 bits per heavy atom. The molecule has 0 saturated heterocycles. The summed E-state index contributed by atoms with van der Waals surface area (Å²) in [6, 6.07) is 10.3. The number of halogens is 1. The van der Waals surface area contributed by atoms with Gasteiger partial charge in [0, 0.05) is 28.9 Å². The number of nitrogens with zero attached hydrogens (tertiary/aromatic N) is 1. The number of fused-ring (bicyclic) bond motifs is 1. The van der Waals surface area contributed by atoms with E-state index in [2.05, 4.69) is 0 Å². The zero-order chi connectivity index (χ0) is 18.0. The average molecular weight is 380 g/mol. The Balaban J connectivity index is 1.87. The zero-order valence-electron chi connectivity index (χ0n) is 14.2. The minimum absolute atomic E-state index is 0.151. The molecule has 0 bridgehead atoms. The van der Waals surface area contributed by atoms with Crippen LogP contribution in [0.5, 0.6) is 0 Å². The normalized spacial score (nSPS) is 16.1. The maximum absolute atomic E-state index is 12.9. The topological polar surface area (TPSA) is 54.5 Å². The Kier molecular flexibility index (Phi) is 5.35. The summed E-state index contributed by atoms with van der Waals surface area (Å²) >= 11 is 6.17. The van der Waals surface area contributed by atoms with Gasteiger partial charge in [0.05, 0.1) is 4.90 Å². The molecule has 4 nitrogen and oxygen atoms in total. The van der Waals surface area contributed by atoms with E-state index >= 15 is 0 Å². The predicted molar refractivity (Wildman–Crippen MR) is 101 cm³/mol. The van der Waals surface area contributed by atoms with E-state index < -0.39 is 15.6 Å². The van der Waals surface area contributed by atoms with Crippen molar-refractivity contribution in [1.29, 1.82) is 0 Å². The SMILES string of the molecule is CN(C(=O)CS(=O)(=O)c1ccc(Cl)c2ccccc12)C1CCCCC1. The summed E-state index contributed by atoms with van der Waals surface area (Å²) in [5, 5.41) is 1.74. The molecule has 3 rings (SSSR count). The first-order chi connectivity index (χ1) is 11.9. The molecule has 25 heavy (non-hydrogen) atoms. The van der Waals surface area contributed by atoms with Gasteiger partial charge in [0.15, 0.2) is 9.84 Å². The van der Waals surface area contributed by atoms with Crippen LogP contribution in [0, 0.1) is 0 Å². The van der Waals surface area contributed by atoms with Gasteiger partial charge in [0.2, 0.25) is 5.91 Å². The van der Waals surface area contributed by atoms with Crippen LogP contribution in [0.15, 0.2) is 41.3 Å². The van der Waals surface area contributed by atoms with Crippen molar-refractivity contribution in [2.45, 2.75) is 43.0 Å². The molecule has 1 amide bonds. The molecule has 1 aliphatic carbocycles. The van der Waals surface area contributed by atoms with Gasteiger partial charge in [0.25, 0.3) is 0 Å². The summed E-state index contributed by atoms with van der Waals surface area (Å²) in [5.74, 6) is -0.850. The third-order valence-corrected chi connectivity index (χ3v) is 6.98. The van der Waals surface area contributed by atoms with Crippen LogP contribution in [0.1, 0.15) is 32.1 Å². The third-order valence-electron chi connectivity index (χ3n) is 5.00. The van der Waals surface area contributed by atoms with Crippen LogP contribution < -0.4 is 0 Å². The molecule has 0 radical (unpaired) electrons.